The Bertz CT molecular complexity index is 470. The summed E-state index contributed by atoms with van der Waals surface area (Å²) in [6.45, 7) is 0.718. The van der Waals surface area contributed by atoms with Gasteiger partial charge in [-0.05, 0) is 11.4 Å². The van der Waals surface area contributed by atoms with Crippen molar-refractivity contribution in [2.45, 2.75) is 13.0 Å². The summed E-state index contributed by atoms with van der Waals surface area (Å²) in [5.74, 6) is -1.10. The zero-order chi connectivity index (χ0) is 11.4. The SMILES string of the molecule is O=C([O-])Cc1csc(NCc2cccs2)n1.[K+]. The van der Waals surface area contributed by atoms with Crippen LogP contribution in [0.4, 0.5) is 5.13 Å². The Morgan fingerprint density at radius 2 is 2.29 bits per heavy atom. The molecule has 7 heteroatoms. The van der Waals surface area contributed by atoms with E-state index >= 15 is 0 Å². The average Bonchev–Trinajstić information content (AvgIpc) is 2.84. The van der Waals surface area contributed by atoms with Crippen LogP contribution < -0.4 is 61.8 Å². The van der Waals surface area contributed by atoms with E-state index in [2.05, 4.69) is 10.3 Å². The van der Waals surface area contributed by atoms with Crippen molar-refractivity contribution in [2.24, 2.45) is 0 Å². The summed E-state index contributed by atoms with van der Waals surface area (Å²) < 4.78 is 0. The molecule has 2 heterocycles. The molecular formula is C10H9KN2O2S2. The molecule has 0 aliphatic carbocycles. The zero-order valence-electron chi connectivity index (χ0n) is 9.30. The van der Waals surface area contributed by atoms with Crippen molar-refractivity contribution in [1.29, 1.82) is 0 Å². The average molecular weight is 292 g/mol. The van der Waals surface area contributed by atoms with Gasteiger partial charge in [0.15, 0.2) is 5.13 Å². The molecule has 0 unspecified atom stereocenters. The van der Waals surface area contributed by atoms with Crippen molar-refractivity contribution in [3.8, 4) is 0 Å². The summed E-state index contributed by atoms with van der Waals surface area (Å²) in [6, 6.07) is 4.03. The fraction of sp³-hybridized carbons (Fsp3) is 0.200. The van der Waals surface area contributed by atoms with Crippen LogP contribution in [0.15, 0.2) is 22.9 Å². The minimum atomic E-state index is -1.10. The van der Waals surface area contributed by atoms with Crippen LogP contribution >= 0.6 is 22.7 Å². The van der Waals surface area contributed by atoms with E-state index in [1.54, 1.807) is 16.7 Å². The van der Waals surface area contributed by atoms with Gasteiger partial charge >= 0.3 is 51.4 Å². The molecule has 0 aromatic carbocycles. The second-order valence-corrected chi connectivity index (χ2v) is 5.02. The molecule has 0 aliphatic heterocycles. The number of thiazole rings is 1. The Labute approximate surface area is 150 Å². The van der Waals surface area contributed by atoms with E-state index in [-0.39, 0.29) is 57.8 Å². The van der Waals surface area contributed by atoms with Crippen molar-refractivity contribution in [1.82, 2.24) is 4.98 Å². The maximum absolute atomic E-state index is 10.4. The number of aliphatic carboxylic acids is 1. The van der Waals surface area contributed by atoms with Crippen molar-refractivity contribution in [3.63, 3.8) is 0 Å². The molecule has 0 bridgehead atoms. The number of carboxylic acid groups (broad SMARTS) is 1. The van der Waals surface area contributed by atoms with Crippen LogP contribution in [0.25, 0.3) is 0 Å². The molecule has 0 radical (unpaired) electrons. The Morgan fingerprint density at radius 3 is 2.94 bits per heavy atom. The van der Waals surface area contributed by atoms with E-state index in [1.165, 1.54) is 16.2 Å². The second kappa shape index (κ2) is 7.62. The molecule has 0 aliphatic rings. The third-order valence-electron chi connectivity index (χ3n) is 1.87. The molecule has 84 valence electrons. The monoisotopic (exact) mass is 292 g/mol. The van der Waals surface area contributed by atoms with Crippen LogP contribution in [0, 0.1) is 0 Å². The summed E-state index contributed by atoms with van der Waals surface area (Å²) >= 11 is 3.07. The third-order valence-corrected chi connectivity index (χ3v) is 3.60. The number of nitrogens with one attached hydrogen (secondary N) is 1. The van der Waals surface area contributed by atoms with Gasteiger partial charge in [-0.2, -0.15) is 0 Å². The van der Waals surface area contributed by atoms with Gasteiger partial charge in [0.05, 0.1) is 12.2 Å². The van der Waals surface area contributed by atoms with Gasteiger partial charge in [0, 0.05) is 22.6 Å². The minimum absolute atomic E-state index is 0. The van der Waals surface area contributed by atoms with E-state index < -0.39 is 5.97 Å². The first kappa shape index (κ1) is 15.3. The fourth-order valence-corrected chi connectivity index (χ4v) is 2.55. The van der Waals surface area contributed by atoms with Gasteiger partial charge in [0.2, 0.25) is 0 Å². The first-order valence-corrected chi connectivity index (χ1v) is 6.40. The van der Waals surface area contributed by atoms with Gasteiger partial charge in [0.1, 0.15) is 0 Å². The van der Waals surface area contributed by atoms with Crippen LogP contribution in [0.2, 0.25) is 0 Å². The van der Waals surface area contributed by atoms with Crippen LogP contribution in [-0.4, -0.2) is 11.0 Å². The number of carbonyl (C=O) groups excluding carboxylic acids is 1. The Kier molecular flexibility index (Phi) is 6.86. The molecule has 0 saturated heterocycles. The second-order valence-electron chi connectivity index (χ2n) is 3.13. The van der Waals surface area contributed by atoms with Crippen molar-refractivity contribution in [2.75, 3.05) is 5.32 Å². The molecule has 2 aromatic rings. The van der Waals surface area contributed by atoms with Gasteiger partial charge in [-0.1, -0.05) is 6.07 Å². The molecule has 2 rings (SSSR count). The van der Waals surface area contributed by atoms with E-state index in [0.29, 0.717) is 5.69 Å². The number of aromatic nitrogens is 1. The standard InChI is InChI=1S/C10H10N2O2S2.K/c13-9(14)4-7-6-16-10(12-7)11-5-8-2-1-3-15-8;/h1-3,6H,4-5H2,(H,11,12)(H,13,14);/q;+1/p-1. The summed E-state index contributed by atoms with van der Waals surface area (Å²) in [5.41, 5.74) is 0.540. The van der Waals surface area contributed by atoms with Gasteiger partial charge in [-0.25, -0.2) is 4.98 Å². The number of carbonyl (C=O) groups is 1. The molecule has 0 saturated carbocycles. The summed E-state index contributed by atoms with van der Waals surface area (Å²) in [5, 5.41) is 18.0. The molecule has 17 heavy (non-hydrogen) atoms. The number of anilines is 1. The molecule has 2 aromatic heterocycles. The van der Waals surface area contributed by atoms with Crippen molar-refractivity contribution in [3.05, 3.63) is 33.5 Å². The van der Waals surface area contributed by atoms with E-state index in [0.717, 1.165) is 11.7 Å². The molecule has 0 atom stereocenters. The van der Waals surface area contributed by atoms with Crippen molar-refractivity contribution < 1.29 is 61.3 Å². The Hall–Kier alpha value is 0.236. The van der Waals surface area contributed by atoms with E-state index in [9.17, 15) is 9.90 Å². The number of rotatable bonds is 5. The van der Waals surface area contributed by atoms with Crippen LogP contribution in [0.3, 0.4) is 0 Å². The van der Waals surface area contributed by atoms with Gasteiger partial charge < -0.3 is 15.2 Å². The van der Waals surface area contributed by atoms with Gasteiger partial charge in [0.25, 0.3) is 0 Å². The number of nitrogens with zero attached hydrogens (tertiary/aromatic N) is 1. The quantitative estimate of drug-likeness (QED) is 0.655. The largest absolute Gasteiger partial charge is 1.00 e. The smallest absolute Gasteiger partial charge is 0.550 e. The van der Waals surface area contributed by atoms with E-state index in [1.807, 2.05) is 17.5 Å². The molecule has 4 nitrogen and oxygen atoms in total. The normalized spacial score (nSPS) is 9.65. The predicted molar refractivity (Wildman–Crippen MR) is 62.5 cm³/mol. The topological polar surface area (TPSA) is 65.0 Å². The zero-order valence-corrected chi connectivity index (χ0v) is 14.1. The third kappa shape index (κ3) is 5.17. The molecule has 0 spiro atoms. The summed E-state index contributed by atoms with van der Waals surface area (Å²) in [6.07, 6.45) is -0.128. The minimum Gasteiger partial charge on any atom is -0.550 e. The number of hydrogen-bond acceptors (Lipinski definition) is 6. The maximum atomic E-state index is 10.4. The first-order valence-electron chi connectivity index (χ1n) is 4.64. The fourth-order valence-electron chi connectivity index (χ4n) is 1.19. The maximum Gasteiger partial charge on any atom is 1.00 e. The van der Waals surface area contributed by atoms with Gasteiger partial charge in [-0.15, -0.1) is 22.7 Å². The number of hydrogen-bond donors (Lipinski definition) is 1. The summed E-state index contributed by atoms with van der Waals surface area (Å²) in [7, 11) is 0. The number of carboxylic acids is 1. The molecule has 0 fully saturated rings. The van der Waals surface area contributed by atoms with Crippen LogP contribution in [-0.2, 0) is 17.8 Å². The van der Waals surface area contributed by atoms with Crippen LogP contribution in [0.5, 0.6) is 0 Å². The first-order chi connectivity index (χ1) is 7.74. The predicted octanol–water partition coefficient (Wildman–Crippen LogP) is -1.89. The molecule has 0 amide bonds. The number of thiophene rings is 1. The summed E-state index contributed by atoms with van der Waals surface area (Å²) in [4.78, 5) is 15.7. The Morgan fingerprint density at radius 1 is 1.47 bits per heavy atom. The molecule has 1 N–H and O–H groups in total. The van der Waals surface area contributed by atoms with Crippen LogP contribution in [0.1, 0.15) is 10.6 Å². The Balaban J connectivity index is 0.00000144. The van der Waals surface area contributed by atoms with Crippen molar-refractivity contribution >= 4 is 33.8 Å². The molecular weight excluding hydrogens is 283 g/mol. The van der Waals surface area contributed by atoms with Gasteiger partial charge in [-0.3, -0.25) is 0 Å². The van der Waals surface area contributed by atoms with E-state index in [4.69, 9.17) is 0 Å².